The number of rotatable bonds is 4. The number of hydrogen-bond donors (Lipinski definition) is 2. The van der Waals surface area contributed by atoms with Crippen LogP contribution in [0.1, 0.15) is 10.4 Å². The van der Waals surface area contributed by atoms with Crippen molar-refractivity contribution in [3.05, 3.63) is 35.6 Å². The molecule has 24 heavy (non-hydrogen) atoms. The maximum Gasteiger partial charge on any atom is 0.254 e. The van der Waals surface area contributed by atoms with E-state index in [1.165, 1.54) is 18.2 Å². The van der Waals surface area contributed by atoms with Gasteiger partial charge in [0.25, 0.3) is 5.91 Å². The van der Waals surface area contributed by atoms with Crippen molar-refractivity contribution in [1.82, 2.24) is 15.1 Å². The number of hydrogen-bond acceptors (Lipinski definition) is 4. The van der Waals surface area contributed by atoms with E-state index >= 15 is 0 Å². The van der Waals surface area contributed by atoms with Crippen LogP contribution in [-0.4, -0.2) is 66.8 Å². The lowest BCUT2D eigenvalue weighted by Gasteiger charge is -2.34. The van der Waals surface area contributed by atoms with E-state index in [4.69, 9.17) is 5.73 Å². The Kier molecular flexibility index (Phi) is 7.60. The van der Waals surface area contributed by atoms with Gasteiger partial charge in [-0.1, -0.05) is 6.07 Å². The van der Waals surface area contributed by atoms with Crippen molar-refractivity contribution in [3.63, 3.8) is 0 Å². The molecule has 1 saturated heterocycles. The molecule has 9 heteroatoms. The molecular weight excluding hydrogens is 339 g/mol. The summed E-state index contributed by atoms with van der Waals surface area (Å²) < 4.78 is 13.2. The molecule has 7 nitrogen and oxygen atoms in total. The summed E-state index contributed by atoms with van der Waals surface area (Å²) >= 11 is 0. The molecule has 1 heterocycles. The highest BCUT2D eigenvalue weighted by atomic mass is 35.5. The van der Waals surface area contributed by atoms with Gasteiger partial charge in [-0.05, 0) is 18.2 Å². The zero-order chi connectivity index (χ0) is 16.8. The largest absolute Gasteiger partial charge is 0.346 e. The second kappa shape index (κ2) is 9.19. The number of carbonyl (C=O) groups excluding carboxylic acids is 3. The molecule has 0 atom stereocenters. The van der Waals surface area contributed by atoms with Gasteiger partial charge in [0.15, 0.2) is 0 Å². The normalized spacial score (nSPS) is 13.9. The summed E-state index contributed by atoms with van der Waals surface area (Å²) in [6.07, 6.45) is 0. The van der Waals surface area contributed by atoms with Crippen LogP contribution in [0.15, 0.2) is 24.3 Å². The van der Waals surface area contributed by atoms with E-state index in [1.54, 1.807) is 15.9 Å². The summed E-state index contributed by atoms with van der Waals surface area (Å²) in [4.78, 5) is 38.4. The zero-order valence-corrected chi connectivity index (χ0v) is 13.9. The zero-order valence-electron chi connectivity index (χ0n) is 13.0. The number of piperazine rings is 1. The predicted octanol–water partition coefficient (Wildman–Crippen LogP) is -0.393. The Bertz CT molecular complexity index is 606. The monoisotopic (exact) mass is 358 g/mol. The summed E-state index contributed by atoms with van der Waals surface area (Å²) in [6.45, 7) is 1.21. The van der Waals surface area contributed by atoms with Crippen LogP contribution in [0.25, 0.3) is 0 Å². The number of amides is 3. The molecule has 0 saturated carbocycles. The second-order valence-corrected chi connectivity index (χ2v) is 5.16. The first kappa shape index (κ1) is 19.9. The van der Waals surface area contributed by atoms with Crippen LogP contribution < -0.4 is 11.1 Å². The van der Waals surface area contributed by atoms with Gasteiger partial charge in [0.2, 0.25) is 11.8 Å². The Morgan fingerprint density at radius 2 is 1.75 bits per heavy atom. The maximum absolute atomic E-state index is 13.2. The maximum atomic E-state index is 13.2. The van der Waals surface area contributed by atoms with E-state index in [-0.39, 0.29) is 37.3 Å². The van der Waals surface area contributed by atoms with E-state index in [1.807, 2.05) is 0 Å². The van der Waals surface area contributed by atoms with Gasteiger partial charge in [-0.25, -0.2) is 4.39 Å². The summed E-state index contributed by atoms with van der Waals surface area (Å²) in [7, 11) is 0. The van der Waals surface area contributed by atoms with Gasteiger partial charge in [-0.3, -0.25) is 14.4 Å². The van der Waals surface area contributed by atoms with Crippen molar-refractivity contribution in [1.29, 1.82) is 0 Å². The first-order valence-corrected chi connectivity index (χ1v) is 7.30. The van der Waals surface area contributed by atoms with Gasteiger partial charge in [0.1, 0.15) is 5.82 Å². The molecule has 2 rings (SSSR count). The lowest BCUT2D eigenvalue weighted by Crippen LogP contribution is -2.52. The number of carbonyl (C=O) groups is 3. The number of benzene rings is 1. The van der Waals surface area contributed by atoms with E-state index < -0.39 is 11.7 Å². The predicted molar refractivity (Wildman–Crippen MR) is 88.2 cm³/mol. The number of nitrogens with zero attached hydrogens (tertiary/aromatic N) is 2. The summed E-state index contributed by atoms with van der Waals surface area (Å²) in [5, 5.41) is 2.42. The van der Waals surface area contributed by atoms with Gasteiger partial charge in [-0.15, -0.1) is 12.4 Å². The molecule has 0 unspecified atom stereocenters. The van der Waals surface area contributed by atoms with Crippen LogP contribution in [0.3, 0.4) is 0 Å². The standard InChI is InChI=1S/C15H19FN4O3.ClH/c16-12-3-1-2-11(8-12)15(23)20-6-4-19(5-7-20)14(22)10-18-13(21)9-17;/h1-3,8H,4-7,9-10,17H2,(H,18,21);1H. The highest BCUT2D eigenvalue weighted by Gasteiger charge is 2.25. The molecular formula is C15H20ClFN4O3. The third-order valence-electron chi connectivity index (χ3n) is 3.61. The minimum Gasteiger partial charge on any atom is -0.346 e. The van der Waals surface area contributed by atoms with Crippen molar-refractivity contribution in [2.45, 2.75) is 0 Å². The average molecular weight is 359 g/mol. The lowest BCUT2D eigenvalue weighted by atomic mass is 10.1. The Hall–Kier alpha value is -2.19. The molecule has 0 spiro atoms. The van der Waals surface area contributed by atoms with Crippen LogP contribution in [0, 0.1) is 5.82 Å². The fraction of sp³-hybridized carbons (Fsp3) is 0.400. The molecule has 1 fully saturated rings. The third-order valence-corrected chi connectivity index (χ3v) is 3.61. The minimum absolute atomic E-state index is 0. The van der Waals surface area contributed by atoms with E-state index in [0.29, 0.717) is 31.7 Å². The smallest absolute Gasteiger partial charge is 0.254 e. The molecule has 1 aliphatic rings. The second-order valence-electron chi connectivity index (χ2n) is 5.16. The van der Waals surface area contributed by atoms with Crippen LogP contribution >= 0.6 is 12.4 Å². The summed E-state index contributed by atoms with van der Waals surface area (Å²) in [5.41, 5.74) is 5.44. The molecule has 0 bridgehead atoms. The van der Waals surface area contributed by atoms with Crippen LogP contribution in [0.4, 0.5) is 4.39 Å². The van der Waals surface area contributed by atoms with Crippen LogP contribution in [0.2, 0.25) is 0 Å². The SMILES string of the molecule is Cl.NCC(=O)NCC(=O)N1CCN(C(=O)c2cccc(F)c2)CC1. The van der Waals surface area contributed by atoms with E-state index in [9.17, 15) is 18.8 Å². The highest BCUT2D eigenvalue weighted by molar-refractivity contribution is 5.94. The molecule has 0 radical (unpaired) electrons. The Balaban J connectivity index is 0.00000288. The van der Waals surface area contributed by atoms with E-state index in [2.05, 4.69) is 5.32 Å². The fourth-order valence-electron chi connectivity index (χ4n) is 2.32. The van der Waals surface area contributed by atoms with Crippen molar-refractivity contribution in [2.75, 3.05) is 39.3 Å². The Morgan fingerprint density at radius 3 is 2.33 bits per heavy atom. The molecule has 1 aromatic rings. The lowest BCUT2D eigenvalue weighted by molar-refractivity contribution is -0.133. The molecule has 1 aromatic carbocycles. The van der Waals surface area contributed by atoms with Gasteiger partial charge in [0.05, 0.1) is 13.1 Å². The molecule has 0 aliphatic carbocycles. The minimum atomic E-state index is -0.458. The van der Waals surface area contributed by atoms with Crippen molar-refractivity contribution < 1.29 is 18.8 Å². The summed E-state index contributed by atoms with van der Waals surface area (Å²) in [6, 6.07) is 5.53. The molecule has 3 N–H and O–H groups in total. The van der Waals surface area contributed by atoms with Gasteiger partial charge < -0.3 is 20.9 Å². The van der Waals surface area contributed by atoms with Crippen LogP contribution in [0.5, 0.6) is 0 Å². The average Bonchev–Trinajstić information content (AvgIpc) is 2.58. The van der Waals surface area contributed by atoms with Crippen molar-refractivity contribution >= 4 is 30.1 Å². The summed E-state index contributed by atoms with van der Waals surface area (Å²) in [5.74, 6) is -1.32. The van der Waals surface area contributed by atoms with Gasteiger partial charge >= 0.3 is 0 Å². The highest BCUT2D eigenvalue weighted by Crippen LogP contribution is 2.10. The molecule has 1 aliphatic heterocycles. The molecule has 0 aromatic heterocycles. The van der Waals surface area contributed by atoms with Gasteiger partial charge in [-0.2, -0.15) is 0 Å². The fourth-order valence-corrected chi connectivity index (χ4v) is 2.32. The topological polar surface area (TPSA) is 95.7 Å². The quantitative estimate of drug-likeness (QED) is 0.766. The molecule has 132 valence electrons. The first-order chi connectivity index (χ1) is 11.0. The third kappa shape index (κ3) is 5.17. The van der Waals surface area contributed by atoms with Crippen molar-refractivity contribution in [2.24, 2.45) is 5.73 Å². The van der Waals surface area contributed by atoms with Gasteiger partial charge in [0, 0.05) is 31.7 Å². The number of nitrogens with two attached hydrogens (primary N) is 1. The van der Waals surface area contributed by atoms with Crippen molar-refractivity contribution in [3.8, 4) is 0 Å². The first-order valence-electron chi connectivity index (χ1n) is 7.30. The molecule has 3 amide bonds. The Morgan fingerprint density at radius 1 is 1.12 bits per heavy atom. The van der Waals surface area contributed by atoms with E-state index in [0.717, 1.165) is 0 Å². The number of halogens is 2. The Labute approximate surface area is 145 Å². The van der Waals surface area contributed by atoms with Crippen LogP contribution in [-0.2, 0) is 9.59 Å². The number of nitrogens with one attached hydrogen (secondary N) is 1.